The summed E-state index contributed by atoms with van der Waals surface area (Å²) in [5.41, 5.74) is 0.815. The summed E-state index contributed by atoms with van der Waals surface area (Å²) in [7, 11) is 0. The molecule has 0 amide bonds. The van der Waals surface area contributed by atoms with Gasteiger partial charge in [-0.2, -0.15) is 0 Å². The highest BCUT2D eigenvalue weighted by atomic mass is 127. The van der Waals surface area contributed by atoms with Gasteiger partial charge in [-0.25, -0.2) is 0 Å². The highest BCUT2D eigenvalue weighted by Crippen LogP contribution is 2.26. The molecule has 0 radical (unpaired) electrons. The second-order valence-electron chi connectivity index (χ2n) is 2.93. The van der Waals surface area contributed by atoms with Gasteiger partial charge in [-0.3, -0.25) is 0 Å². The molecule has 0 saturated carbocycles. The Labute approximate surface area is 113 Å². The Balaban J connectivity index is 2.46. The number of nitrogens with zero attached hydrogens (tertiary/aromatic N) is 2. The lowest BCUT2D eigenvalue weighted by molar-refractivity contribution is 0.527. The van der Waals surface area contributed by atoms with Crippen LogP contribution in [0.3, 0.4) is 0 Å². The van der Waals surface area contributed by atoms with Crippen LogP contribution in [0.25, 0.3) is 11.5 Å². The van der Waals surface area contributed by atoms with E-state index in [1.165, 1.54) is 0 Å². The SMILES string of the molecule is C=Ic1cc(Cl)cc(-c2nnc(CCl)o2)c1. The molecule has 0 atom stereocenters. The first-order chi connectivity index (χ1) is 7.72. The number of rotatable bonds is 3. The third kappa shape index (κ3) is 2.61. The molecule has 2 aromatic rings. The first kappa shape index (κ1) is 12.0. The molecule has 0 unspecified atom stereocenters. The summed E-state index contributed by atoms with van der Waals surface area (Å²) >= 11 is 11.3. The number of hydrogen-bond donors (Lipinski definition) is 0. The fourth-order valence-electron chi connectivity index (χ4n) is 1.18. The lowest BCUT2D eigenvalue weighted by Crippen LogP contribution is -1.80. The minimum Gasteiger partial charge on any atom is -0.419 e. The fourth-order valence-corrected chi connectivity index (χ4v) is 2.82. The van der Waals surface area contributed by atoms with Crippen molar-refractivity contribution < 1.29 is 4.42 Å². The largest absolute Gasteiger partial charge is 0.419 e. The van der Waals surface area contributed by atoms with Crippen LogP contribution in [0.1, 0.15) is 5.89 Å². The van der Waals surface area contributed by atoms with E-state index in [2.05, 4.69) is 14.7 Å². The smallest absolute Gasteiger partial charge is 0.247 e. The third-order valence-electron chi connectivity index (χ3n) is 1.84. The van der Waals surface area contributed by atoms with Gasteiger partial charge in [-0.05, 0) is 18.2 Å². The van der Waals surface area contributed by atoms with E-state index in [1.54, 1.807) is 6.07 Å². The van der Waals surface area contributed by atoms with Gasteiger partial charge in [0.15, 0.2) is 0 Å². The zero-order valence-corrected chi connectivity index (χ0v) is 11.8. The molecule has 3 nitrogen and oxygen atoms in total. The number of halogens is 3. The van der Waals surface area contributed by atoms with Gasteiger partial charge in [0.05, 0.1) is 0 Å². The van der Waals surface area contributed by atoms with Crippen molar-refractivity contribution in [3.8, 4) is 11.5 Å². The minimum atomic E-state index is -0.263. The van der Waals surface area contributed by atoms with Gasteiger partial charge in [0.1, 0.15) is 5.88 Å². The van der Waals surface area contributed by atoms with Crippen molar-refractivity contribution in [2.24, 2.45) is 0 Å². The van der Waals surface area contributed by atoms with Gasteiger partial charge in [0.25, 0.3) is 0 Å². The molecule has 0 aliphatic rings. The van der Waals surface area contributed by atoms with Crippen LogP contribution in [0.4, 0.5) is 0 Å². The summed E-state index contributed by atoms with van der Waals surface area (Å²) in [6.45, 7) is 0. The number of benzene rings is 1. The minimum absolute atomic E-state index is 0.211. The topological polar surface area (TPSA) is 38.9 Å². The van der Waals surface area contributed by atoms with Crippen LogP contribution < -0.4 is 0 Å². The van der Waals surface area contributed by atoms with Crippen molar-refractivity contribution in [2.75, 3.05) is 0 Å². The lowest BCUT2D eigenvalue weighted by Gasteiger charge is -1.98. The van der Waals surface area contributed by atoms with Crippen molar-refractivity contribution in [3.63, 3.8) is 0 Å². The van der Waals surface area contributed by atoms with Crippen molar-refractivity contribution in [3.05, 3.63) is 32.7 Å². The molecule has 6 heteroatoms. The molecule has 1 aromatic carbocycles. The molecule has 0 aliphatic carbocycles. The first-order valence-corrected chi connectivity index (χ1v) is 7.82. The Bertz CT molecular complexity index is 527. The number of hydrogen-bond acceptors (Lipinski definition) is 3. The Kier molecular flexibility index (Phi) is 3.94. The van der Waals surface area contributed by atoms with E-state index in [1.807, 2.05) is 12.1 Å². The van der Waals surface area contributed by atoms with Gasteiger partial charge in [0.2, 0.25) is 11.8 Å². The zero-order valence-electron chi connectivity index (χ0n) is 8.08. The molecule has 0 saturated heterocycles. The summed E-state index contributed by atoms with van der Waals surface area (Å²) in [5, 5.41) is 8.36. The molecule has 0 bridgehead atoms. The Morgan fingerprint density at radius 3 is 2.75 bits per heavy atom. The van der Waals surface area contributed by atoms with Crippen molar-refractivity contribution >= 4 is 48.4 Å². The van der Waals surface area contributed by atoms with Crippen molar-refractivity contribution in [2.45, 2.75) is 5.88 Å². The molecule has 1 aromatic heterocycles. The maximum absolute atomic E-state index is 5.99. The van der Waals surface area contributed by atoms with E-state index in [0.717, 1.165) is 9.13 Å². The average Bonchev–Trinajstić information content (AvgIpc) is 2.76. The Morgan fingerprint density at radius 1 is 1.31 bits per heavy atom. The number of aromatic nitrogens is 2. The third-order valence-corrected chi connectivity index (χ3v) is 3.80. The number of alkyl halides is 1. The Morgan fingerprint density at radius 2 is 2.12 bits per heavy atom. The first-order valence-electron chi connectivity index (χ1n) is 4.30. The molecule has 84 valence electrons. The van der Waals surface area contributed by atoms with Crippen LogP contribution in [-0.4, -0.2) is 14.7 Å². The van der Waals surface area contributed by atoms with Crippen LogP contribution in [0.5, 0.6) is 0 Å². The summed E-state index contributed by atoms with van der Waals surface area (Å²) in [6, 6.07) is 5.66. The quantitative estimate of drug-likeness (QED) is 0.612. The van der Waals surface area contributed by atoms with Gasteiger partial charge >= 0.3 is 0 Å². The van der Waals surface area contributed by atoms with E-state index in [0.29, 0.717) is 16.8 Å². The van der Waals surface area contributed by atoms with Crippen LogP contribution >= 0.6 is 43.9 Å². The molecule has 16 heavy (non-hydrogen) atoms. The maximum Gasteiger partial charge on any atom is 0.247 e. The van der Waals surface area contributed by atoms with Gasteiger partial charge in [0, 0.05) is 14.2 Å². The van der Waals surface area contributed by atoms with Crippen LogP contribution in [0.15, 0.2) is 22.6 Å². The molecule has 0 N–H and O–H groups in total. The highest BCUT2D eigenvalue weighted by Gasteiger charge is 2.09. The van der Waals surface area contributed by atoms with E-state index < -0.39 is 0 Å². The predicted octanol–water partition coefficient (Wildman–Crippen LogP) is 3.70. The summed E-state index contributed by atoms with van der Waals surface area (Å²) in [6.07, 6.45) is 0. The molecular weight excluding hydrogens is 362 g/mol. The van der Waals surface area contributed by atoms with Gasteiger partial charge in [-0.1, -0.05) is 36.8 Å². The van der Waals surface area contributed by atoms with Crippen LogP contribution in [-0.2, 0) is 5.88 Å². The maximum atomic E-state index is 5.99. The molecule has 0 aliphatic heterocycles. The Hall–Kier alpha value is -0.460. The molecular formula is C10H7Cl2IN2O. The second-order valence-corrected chi connectivity index (χ2v) is 5.64. The van der Waals surface area contributed by atoms with Crippen LogP contribution in [0.2, 0.25) is 5.02 Å². The molecule has 2 rings (SSSR count). The molecule has 0 spiro atoms. The zero-order chi connectivity index (χ0) is 11.5. The van der Waals surface area contributed by atoms with E-state index in [4.69, 9.17) is 27.6 Å². The highest BCUT2D eigenvalue weighted by molar-refractivity contribution is 14.2. The summed E-state index contributed by atoms with van der Waals surface area (Å²) < 4.78 is 10.4. The second kappa shape index (κ2) is 5.25. The molecule has 0 fully saturated rings. The standard InChI is InChI=1S/C10H7Cl2IN2O/c1-13-8-3-6(2-7(12)4-8)10-15-14-9(5-11)16-10/h2-4H,1,5H2. The normalized spacial score (nSPS) is 10.6. The van der Waals surface area contributed by atoms with E-state index in [-0.39, 0.29) is 26.6 Å². The van der Waals surface area contributed by atoms with E-state index in [9.17, 15) is 0 Å². The fraction of sp³-hybridized carbons (Fsp3) is 0.100. The van der Waals surface area contributed by atoms with E-state index >= 15 is 0 Å². The van der Waals surface area contributed by atoms with Gasteiger partial charge in [-0.15, -0.1) is 21.8 Å². The van der Waals surface area contributed by atoms with Gasteiger partial charge < -0.3 is 4.42 Å². The van der Waals surface area contributed by atoms with Crippen molar-refractivity contribution in [1.29, 1.82) is 0 Å². The molecule has 1 heterocycles. The predicted molar refractivity (Wildman–Crippen MR) is 74.1 cm³/mol. The van der Waals surface area contributed by atoms with Crippen molar-refractivity contribution in [1.82, 2.24) is 10.2 Å². The summed E-state index contributed by atoms with van der Waals surface area (Å²) in [4.78, 5) is 0. The monoisotopic (exact) mass is 368 g/mol. The average molecular weight is 369 g/mol. The van der Waals surface area contributed by atoms with Crippen LogP contribution in [0, 0.1) is 3.57 Å². The summed E-state index contributed by atoms with van der Waals surface area (Å²) in [5.74, 6) is 1.06. The lowest BCUT2D eigenvalue weighted by atomic mass is 10.2.